The van der Waals surface area contributed by atoms with Crippen LogP contribution in [0.15, 0.2) is 42.6 Å². The highest BCUT2D eigenvalue weighted by molar-refractivity contribution is 7.09. The number of aryl methyl sites for hydroxylation is 1. The van der Waals surface area contributed by atoms with Gasteiger partial charge in [-0.15, -0.1) is 0 Å². The summed E-state index contributed by atoms with van der Waals surface area (Å²) in [7, 11) is 0. The molecule has 1 saturated heterocycles. The normalized spacial score (nSPS) is 15.4. The van der Waals surface area contributed by atoms with Gasteiger partial charge >= 0.3 is 0 Å². The lowest BCUT2D eigenvalue weighted by Crippen LogP contribution is -2.46. The maximum atomic E-state index is 6.04. The first-order chi connectivity index (χ1) is 12.7. The molecule has 0 bridgehead atoms. The molecule has 134 valence electrons. The van der Waals surface area contributed by atoms with Crippen LogP contribution in [-0.4, -0.2) is 45.4 Å². The SMILES string of the molecule is Cc1ccccc1CN1CCN(c2nc(-c3cc(Cl)ccn3)ns2)CC1. The molecule has 1 aromatic carbocycles. The van der Waals surface area contributed by atoms with E-state index in [0.29, 0.717) is 10.8 Å². The number of piperazine rings is 1. The second-order valence-corrected chi connectivity index (χ2v) is 7.62. The zero-order chi connectivity index (χ0) is 17.9. The Hall–Kier alpha value is -2.02. The number of halogens is 1. The van der Waals surface area contributed by atoms with Gasteiger partial charge in [-0.3, -0.25) is 9.88 Å². The summed E-state index contributed by atoms with van der Waals surface area (Å²) in [6.07, 6.45) is 1.68. The van der Waals surface area contributed by atoms with Gasteiger partial charge in [-0.25, -0.2) is 0 Å². The van der Waals surface area contributed by atoms with Gasteiger partial charge in [0.25, 0.3) is 0 Å². The van der Waals surface area contributed by atoms with E-state index in [9.17, 15) is 0 Å². The molecule has 3 aromatic rings. The number of hydrogen-bond acceptors (Lipinski definition) is 6. The summed E-state index contributed by atoms with van der Waals surface area (Å²) in [5.74, 6) is 0.648. The van der Waals surface area contributed by atoms with Crippen molar-refractivity contribution in [2.24, 2.45) is 0 Å². The quantitative estimate of drug-likeness (QED) is 0.681. The number of hydrogen-bond donors (Lipinski definition) is 0. The average molecular weight is 386 g/mol. The van der Waals surface area contributed by atoms with Crippen LogP contribution in [0.1, 0.15) is 11.1 Å². The third-order valence-electron chi connectivity index (χ3n) is 4.66. The molecule has 1 fully saturated rings. The van der Waals surface area contributed by atoms with E-state index in [1.165, 1.54) is 22.7 Å². The first-order valence-corrected chi connectivity index (χ1v) is 9.81. The number of anilines is 1. The molecule has 0 atom stereocenters. The van der Waals surface area contributed by atoms with Crippen LogP contribution in [0, 0.1) is 6.92 Å². The smallest absolute Gasteiger partial charge is 0.205 e. The molecule has 0 unspecified atom stereocenters. The van der Waals surface area contributed by atoms with E-state index in [1.54, 1.807) is 18.3 Å². The summed E-state index contributed by atoms with van der Waals surface area (Å²) in [4.78, 5) is 13.8. The van der Waals surface area contributed by atoms with Crippen LogP contribution in [0.2, 0.25) is 5.02 Å². The molecule has 1 aliphatic rings. The van der Waals surface area contributed by atoms with E-state index in [2.05, 4.69) is 55.3 Å². The molecule has 2 aromatic heterocycles. The van der Waals surface area contributed by atoms with Crippen molar-refractivity contribution >= 4 is 28.3 Å². The molecule has 1 aliphatic heterocycles. The lowest BCUT2D eigenvalue weighted by atomic mass is 10.1. The van der Waals surface area contributed by atoms with Gasteiger partial charge in [-0.05, 0) is 30.2 Å². The molecule has 0 aliphatic carbocycles. The van der Waals surface area contributed by atoms with Crippen molar-refractivity contribution in [1.29, 1.82) is 0 Å². The first kappa shape index (κ1) is 17.4. The second kappa shape index (κ2) is 7.70. The van der Waals surface area contributed by atoms with Gasteiger partial charge in [0.2, 0.25) is 5.13 Å². The Balaban J connectivity index is 1.39. The van der Waals surface area contributed by atoms with Gasteiger partial charge in [-0.2, -0.15) is 9.36 Å². The molecule has 5 nitrogen and oxygen atoms in total. The largest absolute Gasteiger partial charge is 0.344 e. The van der Waals surface area contributed by atoms with Crippen molar-refractivity contribution in [2.75, 3.05) is 31.1 Å². The van der Waals surface area contributed by atoms with Crippen LogP contribution in [0.3, 0.4) is 0 Å². The molecular formula is C19H20ClN5S. The minimum atomic E-state index is 0.648. The zero-order valence-corrected chi connectivity index (χ0v) is 16.2. The molecule has 0 N–H and O–H groups in total. The highest BCUT2D eigenvalue weighted by Gasteiger charge is 2.21. The lowest BCUT2D eigenvalue weighted by molar-refractivity contribution is 0.249. The molecule has 26 heavy (non-hydrogen) atoms. The number of nitrogens with zero attached hydrogens (tertiary/aromatic N) is 5. The number of pyridine rings is 1. The Labute approximate surface area is 162 Å². The highest BCUT2D eigenvalue weighted by Crippen LogP contribution is 2.25. The molecule has 3 heterocycles. The van der Waals surface area contributed by atoms with Crippen molar-refractivity contribution < 1.29 is 0 Å². The van der Waals surface area contributed by atoms with E-state index in [0.717, 1.165) is 43.5 Å². The molecule has 4 rings (SSSR count). The fourth-order valence-corrected chi connectivity index (χ4v) is 3.99. The van der Waals surface area contributed by atoms with Crippen LogP contribution in [0.5, 0.6) is 0 Å². The van der Waals surface area contributed by atoms with E-state index in [4.69, 9.17) is 11.6 Å². The molecule has 0 spiro atoms. The van der Waals surface area contributed by atoms with E-state index < -0.39 is 0 Å². The highest BCUT2D eigenvalue weighted by atomic mass is 35.5. The van der Waals surface area contributed by atoms with E-state index in [-0.39, 0.29) is 0 Å². The third kappa shape index (κ3) is 3.87. The van der Waals surface area contributed by atoms with Gasteiger partial charge in [0.15, 0.2) is 5.82 Å². The van der Waals surface area contributed by atoms with E-state index >= 15 is 0 Å². The molecular weight excluding hydrogens is 366 g/mol. The summed E-state index contributed by atoms with van der Waals surface area (Å²) in [5, 5.41) is 1.61. The topological polar surface area (TPSA) is 45.2 Å². The van der Waals surface area contributed by atoms with Crippen LogP contribution < -0.4 is 4.90 Å². The van der Waals surface area contributed by atoms with Gasteiger partial charge in [0.1, 0.15) is 5.69 Å². The molecule has 7 heteroatoms. The Morgan fingerprint density at radius 1 is 1.12 bits per heavy atom. The number of aromatic nitrogens is 3. The lowest BCUT2D eigenvalue weighted by Gasteiger charge is -2.34. The average Bonchev–Trinajstić information content (AvgIpc) is 3.14. The van der Waals surface area contributed by atoms with Crippen molar-refractivity contribution in [3.63, 3.8) is 0 Å². The summed E-state index contributed by atoms with van der Waals surface area (Å²) < 4.78 is 4.46. The third-order valence-corrected chi connectivity index (χ3v) is 5.68. The van der Waals surface area contributed by atoms with Gasteiger partial charge in [0.05, 0.1) is 0 Å². The van der Waals surface area contributed by atoms with Crippen LogP contribution in [0.4, 0.5) is 5.13 Å². The van der Waals surface area contributed by atoms with Gasteiger partial charge in [0, 0.05) is 55.5 Å². The summed E-state index contributed by atoms with van der Waals surface area (Å²) in [6.45, 7) is 7.16. The molecule has 0 radical (unpaired) electrons. The fourth-order valence-electron chi connectivity index (χ4n) is 3.10. The van der Waals surface area contributed by atoms with Gasteiger partial charge in [-0.1, -0.05) is 35.9 Å². The van der Waals surface area contributed by atoms with Crippen molar-refractivity contribution in [2.45, 2.75) is 13.5 Å². The maximum absolute atomic E-state index is 6.04. The number of rotatable bonds is 4. The second-order valence-electron chi connectivity index (χ2n) is 6.45. The van der Waals surface area contributed by atoms with Crippen molar-refractivity contribution in [3.8, 4) is 11.5 Å². The Bertz CT molecular complexity index is 889. The molecule has 0 saturated carbocycles. The fraction of sp³-hybridized carbons (Fsp3) is 0.316. The Morgan fingerprint density at radius 2 is 1.92 bits per heavy atom. The predicted molar refractivity (Wildman–Crippen MR) is 107 cm³/mol. The first-order valence-electron chi connectivity index (χ1n) is 8.66. The molecule has 0 amide bonds. The van der Waals surface area contributed by atoms with Crippen molar-refractivity contribution in [1.82, 2.24) is 19.2 Å². The van der Waals surface area contributed by atoms with E-state index in [1.807, 2.05) is 0 Å². The summed E-state index contributed by atoms with van der Waals surface area (Å²) >= 11 is 7.46. The summed E-state index contributed by atoms with van der Waals surface area (Å²) in [6, 6.07) is 12.2. The minimum Gasteiger partial charge on any atom is -0.344 e. The Morgan fingerprint density at radius 3 is 2.69 bits per heavy atom. The predicted octanol–water partition coefficient (Wildman–Crippen LogP) is 3.88. The van der Waals surface area contributed by atoms with Crippen LogP contribution in [0.25, 0.3) is 11.5 Å². The van der Waals surface area contributed by atoms with Crippen molar-refractivity contribution in [3.05, 3.63) is 58.7 Å². The zero-order valence-electron chi connectivity index (χ0n) is 14.6. The standard InChI is InChI=1S/C19H20ClN5S/c1-14-4-2-3-5-15(14)13-24-8-10-25(11-9-24)19-22-18(23-26-19)17-12-16(20)6-7-21-17/h2-7,12H,8-11,13H2,1H3. The minimum absolute atomic E-state index is 0.648. The monoisotopic (exact) mass is 385 g/mol. The summed E-state index contributed by atoms with van der Waals surface area (Å²) in [5.41, 5.74) is 3.49. The van der Waals surface area contributed by atoms with Crippen LogP contribution >= 0.6 is 23.1 Å². The maximum Gasteiger partial charge on any atom is 0.205 e. The van der Waals surface area contributed by atoms with Crippen LogP contribution in [-0.2, 0) is 6.54 Å². The number of benzene rings is 1. The van der Waals surface area contributed by atoms with Gasteiger partial charge < -0.3 is 4.90 Å². The Kier molecular flexibility index (Phi) is 5.15.